The first-order valence-corrected chi connectivity index (χ1v) is 7.41. The number of hydrogen-bond donors (Lipinski definition) is 2. The number of carbonyl (C=O) groups excluding carboxylic acids is 1. The lowest BCUT2D eigenvalue weighted by Crippen LogP contribution is -2.31. The summed E-state index contributed by atoms with van der Waals surface area (Å²) in [6, 6.07) is 7.08. The zero-order valence-electron chi connectivity index (χ0n) is 12.9. The van der Waals surface area contributed by atoms with Crippen LogP contribution in [0.3, 0.4) is 0 Å². The summed E-state index contributed by atoms with van der Waals surface area (Å²) in [5, 5.41) is 12.2. The van der Waals surface area contributed by atoms with Crippen molar-refractivity contribution in [2.24, 2.45) is 5.41 Å². The summed E-state index contributed by atoms with van der Waals surface area (Å²) in [6.07, 6.45) is 4.08. The third-order valence-electron chi connectivity index (χ3n) is 4.65. The lowest BCUT2D eigenvalue weighted by atomic mass is 9.84. The maximum atomic E-state index is 12.3. The van der Waals surface area contributed by atoms with Crippen molar-refractivity contribution in [3.05, 3.63) is 29.8 Å². The summed E-state index contributed by atoms with van der Waals surface area (Å²) >= 11 is 0. The van der Waals surface area contributed by atoms with Crippen LogP contribution in [0.5, 0.6) is 0 Å². The maximum absolute atomic E-state index is 12.3. The largest absolute Gasteiger partial charge is 0.481 e. The monoisotopic (exact) mass is 289 g/mol. The second-order valence-electron chi connectivity index (χ2n) is 6.73. The van der Waals surface area contributed by atoms with Gasteiger partial charge in [-0.05, 0) is 44.4 Å². The predicted octanol–water partition coefficient (Wildman–Crippen LogP) is 3.57. The Balaban J connectivity index is 2.10. The van der Waals surface area contributed by atoms with E-state index in [2.05, 4.69) is 5.32 Å². The normalized spacial score (nSPS) is 17.5. The van der Waals surface area contributed by atoms with Crippen LogP contribution in [0, 0.1) is 5.41 Å². The molecule has 0 radical (unpaired) electrons. The van der Waals surface area contributed by atoms with Gasteiger partial charge in [-0.3, -0.25) is 9.59 Å². The van der Waals surface area contributed by atoms with Gasteiger partial charge >= 0.3 is 5.97 Å². The van der Waals surface area contributed by atoms with Crippen LogP contribution in [0.25, 0.3) is 0 Å². The van der Waals surface area contributed by atoms with Crippen LogP contribution in [-0.2, 0) is 15.0 Å². The highest BCUT2D eigenvalue weighted by atomic mass is 16.4. The van der Waals surface area contributed by atoms with Gasteiger partial charge in [-0.1, -0.05) is 31.9 Å². The number of benzene rings is 1. The van der Waals surface area contributed by atoms with Crippen molar-refractivity contribution in [1.82, 2.24) is 0 Å². The smallest absolute Gasteiger partial charge is 0.313 e. The highest BCUT2D eigenvalue weighted by Gasteiger charge is 2.36. The maximum Gasteiger partial charge on any atom is 0.313 e. The highest BCUT2D eigenvalue weighted by molar-refractivity contribution is 5.95. The number of amides is 1. The van der Waals surface area contributed by atoms with E-state index in [0.29, 0.717) is 0 Å². The van der Waals surface area contributed by atoms with E-state index < -0.39 is 11.4 Å². The van der Waals surface area contributed by atoms with Gasteiger partial charge in [0, 0.05) is 11.1 Å². The molecule has 2 N–H and O–H groups in total. The van der Waals surface area contributed by atoms with E-state index in [1.54, 1.807) is 38.1 Å². The zero-order chi connectivity index (χ0) is 15.7. The summed E-state index contributed by atoms with van der Waals surface area (Å²) in [6.45, 7) is 5.35. The van der Waals surface area contributed by atoms with Crippen molar-refractivity contribution in [3.8, 4) is 0 Å². The van der Waals surface area contributed by atoms with Crippen LogP contribution >= 0.6 is 0 Å². The van der Waals surface area contributed by atoms with E-state index >= 15 is 0 Å². The Bertz CT molecular complexity index is 540. The van der Waals surface area contributed by atoms with Crippen LogP contribution < -0.4 is 5.32 Å². The molecule has 1 aromatic rings. The Morgan fingerprint density at radius 3 is 2.14 bits per heavy atom. The third kappa shape index (κ3) is 3.09. The molecule has 0 unspecified atom stereocenters. The van der Waals surface area contributed by atoms with Gasteiger partial charge in [-0.25, -0.2) is 0 Å². The molecule has 0 bridgehead atoms. The Hall–Kier alpha value is -1.84. The molecule has 2 rings (SSSR count). The first kappa shape index (κ1) is 15.5. The molecule has 1 fully saturated rings. The molecular weight excluding hydrogens is 266 g/mol. The molecule has 0 aromatic heterocycles. The minimum absolute atomic E-state index is 0.0604. The van der Waals surface area contributed by atoms with Crippen molar-refractivity contribution >= 4 is 17.6 Å². The topological polar surface area (TPSA) is 66.4 Å². The Morgan fingerprint density at radius 1 is 1.14 bits per heavy atom. The van der Waals surface area contributed by atoms with Gasteiger partial charge < -0.3 is 10.4 Å². The number of carbonyl (C=O) groups is 2. The van der Waals surface area contributed by atoms with Crippen LogP contribution in [0.1, 0.15) is 52.0 Å². The SMILES string of the molecule is CC1(C(=O)Nc2ccc(C(C)(C)C(=O)O)cc2)CCCC1. The van der Waals surface area contributed by atoms with Crippen LogP contribution in [-0.4, -0.2) is 17.0 Å². The number of carboxylic acids is 1. The second-order valence-corrected chi connectivity index (χ2v) is 6.73. The van der Waals surface area contributed by atoms with Gasteiger partial charge in [0.2, 0.25) is 5.91 Å². The molecule has 1 saturated carbocycles. The van der Waals surface area contributed by atoms with E-state index in [0.717, 1.165) is 36.9 Å². The van der Waals surface area contributed by atoms with E-state index in [4.69, 9.17) is 0 Å². The summed E-state index contributed by atoms with van der Waals surface area (Å²) in [4.78, 5) is 23.6. The zero-order valence-corrected chi connectivity index (χ0v) is 12.9. The summed E-state index contributed by atoms with van der Waals surface area (Å²) in [5.74, 6) is -0.803. The van der Waals surface area contributed by atoms with E-state index in [9.17, 15) is 14.7 Å². The molecule has 4 heteroatoms. The molecule has 1 amide bonds. The number of nitrogens with one attached hydrogen (secondary N) is 1. The van der Waals surface area contributed by atoms with Gasteiger partial charge in [0.25, 0.3) is 0 Å². The quantitative estimate of drug-likeness (QED) is 0.890. The first-order chi connectivity index (χ1) is 9.75. The molecule has 0 heterocycles. The number of anilines is 1. The molecule has 0 atom stereocenters. The van der Waals surface area contributed by atoms with Crippen molar-refractivity contribution in [1.29, 1.82) is 0 Å². The Morgan fingerprint density at radius 2 is 1.67 bits per heavy atom. The number of carboxylic acid groups (broad SMARTS) is 1. The number of aliphatic carboxylic acids is 1. The number of hydrogen-bond acceptors (Lipinski definition) is 2. The molecule has 1 aliphatic rings. The highest BCUT2D eigenvalue weighted by Crippen LogP contribution is 2.38. The lowest BCUT2D eigenvalue weighted by molar-refractivity contribution is -0.142. The van der Waals surface area contributed by atoms with Gasteiger partial charge in [-0.2, -0.15) is 0 Å². The van der Waals surface area contributed by atoms with Crippen molar-refractivity contribution in [2.75, 3.05) is 5.32 Å². The van der Waals surface area contributed by atoms with E-state index in [-0.39, 0.29) is 11.3 Å². The van der Waals surface area contributed by atoms with Crippen LogP contribution in [0.2, 0.25) is 0 Å². The third-order valence-corrected chi connectivity index (χ3v) is 4.65. The average Bonchev–Trinajstić information content (AvgIpc) is 2.87. The van der Waals surface area contributed by atoms with E-state index in [1.807, 2.05) is 6.92 Å². The molecule has 0 aliphatic heterocycles. The Labute approximate surface area is 125 Å². The second kappa shape index (κ2) is 5.51. The summed E-state index contributed by atoms with van der Waals surface area (Å²) in [7, 11) is 0. The van der Waals surface area contributed by atoms with Crippen LogP contribution in [0.15, 0.2) is 24.3 Å². The van der Waals surface area contributed by atoms with Gasteiger partial charge in [0.15, 0.2) is 0 Å². The molecular formula is C17H23NO3. The van der Waals surface area contributed by atoms with Crippen LogP contribution in [0.4, 0.5) is 5.69 Å². The van der Waals surface area contributed by atoms with Crippen molar-refractivity contribution < 1.29 is 14.7 Å². The van der Waals surface area contributed by atoms with Crippen molar-refractivity contribution in [2.45, 2.75) is 51.9 Å². The fraction of sp³-hybridized carbons (Fsp3) is 0.529. The molecule has 21 heavy (non-hydrogen) atoms. The molecule has 1 aromatic carbocycles. The fourth-order valence-electron chi connectivity index (χ4n) is 2.76. The molecule has 1 aliphatic carbocycles. The minimum atomic E-state index is -0.931. The predicted molar refractivity (Wildman–Crippen MR) is 82.3 cm³/mol. The molecule has 4 nitrogen and oxygen atoms in total. The molecule has 0 saturated heterocycles. The lowest BCUT2D eigenvalue weighted by Gasteiger charge is -2.23. The molecule has 114 valence electrons. The summed E-state index contributed by atoms with van der Waals surface area (Å²) < 4.78 is 0. The molecule has 0 spiro atoms. The fourth-order valence-corrected chi connectivity index (χ4v) is 2.76. The van der Waals surface area contributed by atoms with Gasteiger partial charge in [-0.15, -0.1) is 0 Å². The first-order valence-electron chi connectivity index (χ1n) is 7.41. The van der Waals surface area contributed by atoms with Gasteiger partial charge in [0.05, 0.1) is 5.41 Å². The van der Waals surface area contributed by atoms with Gasteiger partial charge in [0.1, 0.15) is 0 Å². The van der Waals surface area contributed by atoms with Crippen molar-refractivity contribution in [3.63, 3.8) is 0 Å². The average molecular weight is 289 g/mol. The van der Waals surface area contributed by atoms with E-state index in [1.165, 1.54) is 0 Å². The minimum Gasteiger partial charge on any atom is -0.481 e. The standard InChI is InChI=1S/C17H23NO3/c1-16(2,15(20)21)12-6-8-13(9-7-12)18-14(19)17(3)10-4-5-11-17/h6-9H,4-5,10-11H2,1-3H3,(H,18,19)(H,20,21). The summed E-state index contributed by atoms with van der Waals surface area (Å²) in [5.41, 5.74) is 0.247. The number of rotatable bonds is 4. The Kier molecular flexibility index (Phi) is 4.08.